The lowest BCUT2D eigenvalue weighted by Crippen LogP contribution is -2.30. The van der Waals surface area contributed by atoms with Crippen LogP contribution >= 0.6 is 0 Å². The lowest BCUT2D eigenvalue weighted by atomic mass is 10.1. The molecule has 0 aliphatic carbocycles. The first-order valence-electron chi connectivity index (χ1n) is 9.81. The Bertz CT molecular complexity index is 666. The molecule has 4 heteroatoms. The molecule has 2 heterocycles. The third-order valence-corrected chi connectivity index (χ3v) is 4.71. The van der Waals surface area contributed by atoms with Gasteiger partial charge in [0.05, 0.1) is 7.11 Å². The lowest BCUT2D eigenvalue weighted by molar-refractivity contribution is 0.407. The summed E-state index contributed by atoms with van der Waals surface area (Å²) in [6.07, 6.45) is 5.82. The van der Waals surface area contributed by atoms with Crippen LogP contribution in [0.4, 0.5) is 5.82 Å². The Morgan fingerprint density at radius 1 is 1.08 bits per heavy atom. The molecule has 1 aliphatic heterocycles. The fraction of sp³-hybridized carbons (Fsp3) is 0.500. The maximum Gasteiger partial charge on any atom is 0.128 e. The minimum Gasteiger partial charge on any atom is -0.496 e. The van der Waals surface area contributed by atoms with Crippen LogP contribution in [-0.4, -0.2) is 25.2 Å². The SMILES string of the molecule is CC.COc1cccc(C)c1CNCc1ccnc(N2CCCCC2)c1. The fourth-order valence-corrected chi connectivity index (χ4v) is 3.29. The van der Waals surface area contributed by atoms with E-state index in [1.54, 1.807) is 7.11 Å². The molecule has 0 radical (unpaired) electrons. The van der Waals surface area contributed by atoms with Crippen molar-refractivity contribution < 1.29 is 4.74 Å². The first-order valence-corrected chi connectivity index (χ1v) is 9.81. The van der Waals surface area contributed by atoms with Gasteiger partial charge in [-0.3, -0.25) is 0 Å². The largest absolute Gasteiger partial charge is 0.496 e. The number of pyridine rings is 1. The second-order valence-corrected chi connectivity index (χ2v) is 6.43. The Morgan fingerprint density at radius 3 is 2.58 bits per heavy atom. The summed E-state index contributed by atoms with van der Waals surface area (Å²) in [5.41, 5.74) is 3.76. The van der Waals surface area contributed by atoms with Crippen molar-refractivity contribution in [3.05, 3.63) is 53.2 Å². The quantitative estimate of drug-likeness (QED) is 0.815. The van der Waals surface area contributed by atoms with Gasteiger partial charge in [-0.15, -0.1) is 0 Å². The van der Waals surface area contributed by atoms with Gasteiger partial charge in [-0.1, -0.05) is 26.0 Å². The summed E-state index contributed by atoms with van der Waals surface area (Å²) in [5.74, 6) is 2.06. The number of hydrogen-bond donors (Lipinski definition) is 1. The van der Waals surface area contributed by atoms with Crippen molar-refractivity contribution in [1.29, 1.82) is 0 Å². The Hall–Kier alpha value is -2.07. The summed E-state index contributed by atoms with van der Waals surface area (Å²) in [5, 5.41) is 3.54. The molecule has 4 nitrogen and oxygen atoms in total. The van der Waals surface area contributed by atoms with Crippen LogP contribution in [0.25, 0.3) is 0 Å². The molecule has 26 heavy (non-hydrogen) atoms. The fourth-order valence-electron chi connectivity index (χ4n) is 3.29. The van der Waals surface area contributed by atoms with Crippen LogP contribution in [0.15, 0.2) is 36.5 Å². The van der Waals surface area contributed by atoms with Gasteiger partial charge in [0.1, 0.15) is 11.6 Å². The van der Waals surface area contributed by atoms with Gasteiger partial charge in [-0.2, -0.15) is 0 Å². The number of hydrogen-bond acceptors (Lipinski definition) is 4. The molecular formula is C22H33N3O. The highest BCUT2D eigenvalue weighted by atomic mass is 16.5. The number of benzene rings is 1. The molecular weight excluding hydrogens is 322 g/mol. The summed E-state index contributed by atoms with van der Waals surface area (Å²) in [7, 11) is 1.73. The van der Waals surface area contributed by atoms with Crippen molar-refractivity contribution in [3.63, 3.8) is 0 Å². The molecule has 1 N–H and O–H groups in total. The summed E-state index contributed by atoms with van der Waals surface area (Å²) in [4.78, 5) is 6.95. The first kappa shape index (κ1) is 20.2. The predicted molar refractivity (Wildman–Crippen MR) is 110 cm³/mol. The van der Waals surface area contributed by atoms with Crippen LogP contribution in [0, 0.1) is 6.92 Å². The lowest BCUT2D eigenvalue weighted by Gasteiger charge is -2.28. The monoisotopic (exact) mass is 355 g/mol. The van der Waals surface area contributed by atoms with Gasteiger partial charge in [0.2, 0.25) is 0 Å². The van der Waals surface area contributed by atoms with Crippen molar-refractivity contribution in [2.45, 2.75) is 53.1 Å². The van der Waals surface area contributed by atoms with E-state index in [9.17, 15) is 0 Å². The Morgan fingerprint density at radius 2 is 1.85 bits per heavy atom. The van der Waals surface area contributed by atoms with Crippen LogP contribution in [0.1, 0.15) is 49.8 Å². The van der Waals surface area contributed by atoms with E-state index in [1.807, 2.05) is 32.2 Å². The van der Waals surface area contributed by atoms with E-state index in [4.69, 9.17) is 4.74 Å². The summed E-state index contributed by atoms with van der Waals surface area (Å²) in [6.45, 7) is 10.0. The average Bonchev–Trinajstić information content (AvgIpc) is 2.71. The zero-order valence-corrected chi connectivity index (χ0v) is 16.7. The first-order chi connectivity index (χ1) is 12.8. The van der Waals surface area contributed by atoms with Gasteiger partial charge in [-0.25, -0.2) is 4.98 Å². The second kappa shape index (κ2) is 10.8. The standard InChI is InChI=1S/C20H27N3O.C2H6/c1-16-7-6-8-19(24-2)18(16)15-21-14-17-9-10-22-20(13-17)23-11-4-3-5-12-23;1-2/h6-10,13,21H,3-5,11-12,14-15H2,1-2H3;1-2H3. The van der Waals surface area contributed by atoms with Crippen LogP contribution in [0.5, 0.6) is 5.75 Å². The molecule has 0 atom stereocenters. The van der Waals surface area contributed by atoms with Crippen LogP contribution in [-0.2, 0) is 13.1 Å². The molecule has 0 bridgehead atoms. The van der Waals surface area contributed by atoms with Crippen LogP contribution < -0.4 is 15.0 Å². The van der Waals surface area contributed by atoms with Gasteiger partial charge in [-0.05, 0) is 55.5 Å². The van der Waals surface area contributed by atoms with Gasteiger partial charge in [0.15, 0.2) is 0 Å². The minimum atomic E-state index is 0.803. The van der Waals surface area contributed by atoms with E-state index in [0.29, 0.717) is 0 Å². The Balaban J connectivity index is 0.00000117. The molecule has 3 rings (SSSR count). The number of piperidine rings is 1. The summed E-state index contributed by atoms with van der Waals surface area (Å²) < 4.78 is 5.47. The maximum absolute atomic E-state index is 5.47. The van der Waals surface area contributed by atoms with E-state index in [-0.39, 0.29) is 0 Å². The minimum absolute atomic E-state index is 0.803. The molecule has 0 spiro atoms. The molecule has 142 valence electrons. The van der Waals surface area contributed by atoms with Crippen LogP contribution in [0.3, 0.4) is 0 Å². The van der Waals surface area contributed by atoms with Gasteiger partial charge < -0.3 is 15.0 Å². The highest BCUT2D eigenvalue weighted by Gasteiger charge is 2.12. The molecule has 1 aliphatic rings. The zero-order valence-electron chi connectivity index (χ0n) is 16.7. The van der Waals surface area contributed by atoms with Gasteiger partial charge in [0, 0.05) is 37.9 Å². The highest BCUT2D eigenvalue weighted by molar-refractivity contribution is 5.42. The number of nitrogens with zero attached hydrogens (tertiary/aromatic N) is 2. The normalized spacial score (nSPS) is 13.8. The number of aromatic nitrogens is 1. The zero-order chi connectivity index (χ0) is 18.8. The summed E-state index contributed by atoms with van der Waals surface area (Å²) in [6, 6.07) is 10.5. The molecule has 1 aromatic heterocycles. The number of methoxy groups -OCH3 is 1. The molecule has 1 saturated heterocycles. The van der Waals surface area contributed by atoms with Crippen molar-refractivity contribution >= 4 is 5.82 Å². The van der Waals surface area contributed by atoms with E-state index < -0.39 is 0 Å². The summed E-state index contributed by atoms with van der Waals surface area (Å²) >= 11 is 0. The van der Waals surface area contributed by atoms with Gasteiger partial charge >= 0.3 is 0 Å². The van der Waals surface area contributed by atoms with E-state index in [2.05, 4.69) is 40.3 Å². The van der Waals surface area contributed by atoms with Crippen molar-refractivity contribution in [2.75, 3.05) is 25.1 Å². The Labute approximate surface area is 158 Å². The number of anilines is 1. The molecule has 0 saturated carbocycles. The van der Waals surface area contributed by atoms with Crippen molar-refractivity contribution in [3.8, 4) is 5.75 Å². The number of aryl methyl sites for hydroxylation is 1. The number of rotatable bonds is 6. The van der Waals surface area contributed by atoms with E-state index in [1.165, 1.54) is 36.0 Å². The van der Waals surface area contributed by atoms with Gasteiger partial charge in [0.25, 0.3) is 0 Å². The topological polar surface area (TPSA) is 37.4 Å². The number of nitrogens with one attached hydrogen (secondary N) is 1. The maximum atomic E-state index is 5.47. The van der Waals surface area contributed by atoms with Crippen LogP contribution in [0.2, 0.25) is 0 Å². The third-order valence-electron chi connectivity index (χ3n) is 4.71. The van der Waals surface area contributed by atoms with E-state index in [0.717, 1.165) is 37.7 Å². The molecule has 0 unspecified atom stereocenters. The van der Waals surface area contributed by atoms with Crippen molar-refractivity contribution in [2.24, 2.45) is 0 Å². The molecule has 1 aromatic carbocycles. The molecule has 2 aromatic rings. The smallest absolute Gasteiger partial charge is 0.128 e. The predicted octanol–water partition coefficient (Wildman–Crippen LogP) is 4.70. The van der Waals surface area contributed by atoms with E-state index >= 15 is 0 Å². The van der Waals surface area contributed by atoms with Crippen molar-refractivity contribution in [1.82, 2.24) is 10.3 Å². The highest BCUT2D eigenvalue weighted by Crippen LogP contribution is 2.22. The Kier molecular flexibility index (Phi) is 8.42. The molecule has 1 fully saturated rings. The third kappa shape index (κ3) is 5.46. The second-order valence-electron chi connectivity index (χ2n) is 6.43. The number of ether oxygens (including phenoxy) is 1. The average molecular weight is 356 g/mol. The molecule has 0 amide bonds.